The van der Waals surface area contributed by atoms with E-state index >= 15 is 0 Å². The molecule has 78 valence electrons. The van der Waals surface area contributed by atoms with Gasteiger partial charge in [-0.25, -0.2) is 0 Å². The van der Waals surface area contributed by atoms with Crippen molar-refractivity contribution in [1.82, 2.24) is 9.78 Å². The van der Waals surface area contributed by atoms with E-state index in [2.05, 4.69) is 5.10 Å². The van der Waals surface area contributed by atoms with Crippen LogP contribution in [0.25, 0.3) is 0 Å². The van der Waals surface area contributed by atoms with Gasteiger partial charge in [0.1, 0.15) is 5.69 Å². The van der Waals surface area contributed by atoms with Gasteiger partial charge in [-0.2, -0.15) is 5.10 Å². The van der Waals surface area contributed by atoms with Crippen molar-refractivity contribution in [3.8, 4) is 0 Å². The van der Waals surface area contributed by atoms with E-state index in [4.69, 9.17) is 11.6 Å². The lowest BCUT2D eigenvalue weighted by atomic mass is 10.2. The van der Waals surface area contributed by atoms with E-state index in [1.54, 1.807) is 28.4 Å². The summed E-state index contributed by atoms with van der Waals surface area (Å²) in [4.78, 5) is 12.0. The normalized spacial score (nSPS) is 10.5. The Morgan fingerprint density at radius 2 is 2.47 bits per heavy atom. The molecule has 0 fully saturated rings. The van der Waals surface area contributed by atoms with E-state index in [0.717, 1.165) is 0 Å². The highest BCUT2D eigenvalue weighted by molar-refractivity contribution is 7.14. The summed E-state index contributed by atoms with van der Waals surface area (Å²) >= 11 is 7.14. The average molecular weight is 241 g/mol. The van der Waals surface area contributed by atoms with Crippen LogP contribution in [-0.4, -0.2) is 15.6 Å². The summed E-state index contributed by atoms with van der Waals surface area (Å²) in [5.74, 6) is -0.0301. The van der Waals surface area contributed by atoms with Crippen LogP contribution in [0.4, 0.5) is 0 Å². The van der Waals surface area contributed by atoms with Gasteiger partial charge in [-0.05, 0) is 19.1 Å². The first-order valence-electron chi connectivity index (χ1n) is 4.53. The van der Waals surface area contributed by atoms with Crippen molar-refractivity contribution in [1.29, 1.82) is 0 Å². The van der Waals surface area contributed by atoms with E-state index in [1.165, 1.54) is 11.3 Å². The summed E-state index contributed by atoms with van der Waals surface area (Å²) in [6, 6.07) is 3.40. The van der Waals surface area contributed by atoms with Crippen LogP contribution in [0.5, 0.6) is 0 Å². The highest BCUT2D eigenvalue weighted by atomic mass is 35.5. The van der Waals surface area contributed by atoms with Gasteiger partial charge in [0, 0.05) is 23.7 Å². The SMILES string of the molecule is CCn1nccc1C(=O)c1csc(Cl)c1. The maximum atomic E-state index is 12.0. The number of halogens is 1. The number of hydrogen-bond donors (Lipinski definition) is 0. The first-order chi connectivity index (χ1) is 7.22. The third kappa shape index (κ3) is 1.96. The van der Waals surface area contributed by atoms with Crippen molar-refractivity contribution in [2.24, 2.45) is 0 Å². The molecule has 0 amide bonds. The second-order valence-electron chi connectivity index (χ2n) is 3.00. The van der Waals surface area contributed by atoms with Crippen LogP contribution in [0.3, 0.4) is 0 Å². The Labute approximate surface area is 96.3 Å². The molecule has 0 aliphatic rings. The lowest BCUT2D eigenvalue weighted by molar-refractivity contribution is 0.102. The van der Waals surface area contributed by atoms with Crippen molar-refractivity contribution in [2.75, 3.05) is 0 Å². The minimum absolute atomic E-state index is 0.0301. The fourth-order valence-corrected chi connectivity index (χ4v) is 2.22. The van der Waals surface area contributed by atoms with Crippen molar-refractivity contribution in [2.45, 2.75) is 13.5 Å². The minimum Gasteiger partial charge on any atom is -0.287 e. The summed E-state index contributed by atoms with van der Waals surface area (Å²) in [6.45, 7) is 2.64. The number of hydrogen-bond acceptors (Lipinski definition) is 3. The largest absolute Gasteiger partial charge is 0.287 e. The zero-order valence-corrected chi connectivity index (χ0v) is 9.68. The molecule has 15 heavy (non-hydrogen) atoms. The summed E-state index contributed by atoms with van der Waals surface area (Å²) in [5, 5.41) is 5.82. The fraction of sp³-hybridized carbons (Fsp3) is 0.200. The zero-order chi connectivity index (χ0) is 10.8. The lowest BCUT2D eigenvalue weighted by Gasteiger charge is -2.01. The second kappa shape index (κ2) is 4.16. The number of carbonyl (C=O) groups excluding carboxylic acids is 1. The second-order valence-corrected chi connectivity index (χ2v) is 4.54. The predicted molar refractivity (Wildman–Crippen MR) is 60.7 cm³/mol. The average Bonchev–Trinajstić information content (AvgIpc) is 2.84. The molecular weight excluding hydrogens is 232 g/mol. The van der Waals surface area contributed by atoms with Crippen molar-refractivity contribution in [3.63, 3.8) is 0 Å². The van der Waals surface area contributed by atoms with Crippen LogP contribution in [0.1, 0.15) is 23.0 Å². The molecule has 2 rings (SSSR count). The Kier molecular flexibility index (Phi) is 2.88. The molecule has 0 N–H and O–H groups in total. The minimum atomic E-state index is -0.0301. The highest BCUT2D eigenvalue weighted by Gasteiger charge is 2.14. The molecule has 0 unspecified atom stereocenters. The number of thiophene rings is 1. The van der Waals surface area contributed by atoms with E-state index in [1.807, 2.05) is 6.92 Å². The van der Waals surface area contributed by atoms with Gasteiger partial charge >= 0.3 is 0 Å². The predicted octanol–water partition coefficient (Wildman–Crippen LogP) is 2.85. The molecule has 0 saturated carbocycles. The Morgan fingerprint density at radius 1 is 1.67 bits per heavy atom. The molecule has 5 heteroatoms. The molecule has 0 spiro atoms. The van der Waals surface area contributed by atoms with E-state index in [0.29, 0.717) is 22.1 Å². The standard InChI is InChI=1S/C10H9ClN2OS/c1-2-13-8(3-4-12-13)10(14)7-5-9(11)15-6-7/h3-6H,2H2,1H3. The van der Waals surface area contributed by atoms with Crippen LogP contribution in [-0.2, 0) is 6.54 Å². The number of ketones is 1. The molecule has 2 aromatic heterocycles. The summed E-state index contributed by atoms with van der Waals surface area (Å²) in [6.07, 6.45) is 1.63. The molecular formula is C10H9ClN2OS. The Morgan fingerprint density at radius 3 is 3.07 bits per heavy atom. The molecule has 2 aromatic rings. The van der Waals surface area contributed by atoms with E-state index < -0.39 is 0 Å². The topological polar surface area (TPSA) is 34.9 Å². The molecule has 0 bridgehead atoms. The van der Waals surface area contributed by atoms with Gasteiger partial charge in [-0.15, -0.1) is 11.3 Å². The molecule has 0 aliphatic heterocycles. The maximum Gasteiger partial charge on any atom is 0.211 e. The van der Waals surface area contributed by atoms with Crippen LogP contribution < -0.4 is 0 Å². The number of nitrogens with zero attached hydrogens (tertiary/aromatic N) is 2. The van der Waals surface area contributed by atoms with Gasteiger partial charge in [-0.3, -0.25) is 9.48 Å². The Balaban J connectivity index is 2.36. The Hall–Kier alpha value is -1.13. The summed E-state index contributed by atoms with van der Waals surface area (Å²) in [7, 11) is 0. The molecule has 0 aliphatic carbocycles. The monoisotopic (exact) mass is 240 g/mol. The third-order valence-electron chi connectivity index (χ3n) is 2.08. The van der Waals surface area contributed by atoms with Gasteiger partial charge in [0.2, 0.25) is 5.78 Å². The number of rotatable bonds is 3. The first kappa shape index (κ1) is 10.4. The van der Waals surface area contributed by atoms with Gasteiger partial charge in [0.25, 0.3) is 0 Å². The fourth-order valence-electron chi connectivity index (χ4n) is 1.35. The van der Waals surface area contributed by atoms with Crippen LogP contribution in [0.15, 0.2) is 23.7 Å². The van der Waals surface area contributed by atoms with Gasteiger partial charge in [0.15, 0.2) is 0 Å². The number of aryl methyl sites for hydroxylation is 1. The van der Waals surface area contributed by atoms with Gasteiger partial charge < -0.3 is 0 Å². The number of carbonyl (C=O) groups is 1. The molecule has 0 aromatic carbocycles. The first-order valence-corrected chi connectivity index (χ1v) is 5.78. The zero-order valence-electron chi connectivity index (χ0n) is 8.11. The molecule has 0 radical (unpaired) electrons. The van der Waals surface area contributed by atoms with Crippen LogP contribution >= 0.6 is 22.9 Å². The Bertz CT molecular complexity index is 489. The van der Waals surface area contributed by atoms with E-state index in [-0.39, 0.29) is 5.78 Å². The quantitative estimate of drug-likeness (QED) is 0.774. The molecule has 0 atom stereocenters. The van der Waals surface area contributed by atoms with Gasteiger partial charge in [-0.1, -0.05) is 11.6 Å². The third-order valence-corrected chi connectivity index (χ3v) is 3.17. The van der Waals surface area contributed by atoms with Crippen molar-refractivity contribution >= 4 is 28.7 Å². The highest BCUT2D eigenvalue weighted by Crippen LogP contribution is 2.22. The lowest BCUT2D eigenvalue weighted by Crippen LogP contribution is -2.09. The van der Waals surface area contributed by atoms with Gasteiger partial charge in [0.05, 0.1) is 4.34 Å². The van der Waals surface area contributed by atoms with Crippen molar-refractivity contribution < 1.29 is 4.79 Å². The summed E-state index contributed by atoms with van der Waals surface area (Å²) in [5.41, 5.74) is 1.23. The van der Waals surface area contributed by atoms with E-state index in [9.17, 15) is 4.79 Å². The molecule has 0 saturated heterocycles. The van der Waals surface area contributed by atoms with Crippen LogP contribution in [0, 0.1) is 0 Å². The van der Waals surface area contributed by atoms with Crippen LogP contribution in [0.2, 0.25) is 4.34 Å². The molecule has 3 nitrogen and oxygen atoms in total. The number of aromatic nitrogens is 2. The molecule has 2 heterocycles. The maximum absolute atomic E-state index is 12.0. The summed E-state index contributed by atoms with van der Waals surface area (Å²) < 4.78 is 2.30. The smallest absolute Gasteiger partial charge is 0.211 e. The van der Waals surface area contributed by atoms with Crippen molar-refractivity contribution in [3.05, 3.63) is 39.3 Å².